The summed E-state index contributed by atoms with van der Waals surface area (Å²) >= 11 is 0. The molecule has 1 N–H and O–H groups in total. The van der Waals surface area contributed by atoms with Crippen molar-refractivity contribution in [2.45, 2.75) is 38.5 Å². The summed E-state index contributed by atoms with van der Waals surface area (Å²) in [5.74, 6) is 1.20. The van der Waals surface area contributed by atoms with E-state index in [1.54, 1.807) is 6.07 Å². The van der Waals surface area contributed by atoms with Gasteiger partial charge in [-0.25, -0.2) is 8.91 Å². The molecule has 1 aliphatic carbocycles. The second-order valence-electron chi connectivity index (χ2n) is 5.30. The third kappa shape index (κ3) is 3.03. The molecule has 0 bridgehead atoms. The number of anilines is 1. The number of halogens is 1. The molecule has 0 atom stereocenters. The second kappa shape index (κ2) is 5.55. The van der Waals surface area contributed by atoms with Gasteiger partial charge in [0.05, 0.1) is 6.20 Å². The predicted octanol–water partition coefficient (Wildman–Crippen LogP) is 3.25. The lowest BCUT2D eigenvalue weighted by Crippen LogP contribution is -2.05. The fourth-order valence-corrected chi connectivity index (χ4v) is 2.82. The van der Waals surface area contributed by atoms with Gasteiger partial charge in [0.15, 0.2) is 5.65 Å². The van der Waals surface area contributed by atoms with E-state index in [-0.39, 0.29) is 5.82 Å². The topological polar surface area (TPSA) is 42.2 Å². The molecule has 2 aromatic heterocycles. The maximum atomic E-state index is 13.0. The van der Waals surface area contributed by atoms with Crippen LogP contribution in [0.25, 0.3) is 5.65 Å². The molecular weight excluding hydrogens is 243 g/mol. The highest BCUT2D eigenvalue weighted by atomic mass is 19.1. The summed E-state index contributed by atoms with van der Waals surface area (Å²) in [6, 6.07) is 3.03. The summed E-state index contributed by atoms with van der Waals surface area (Å²) in [5, 5.41) is 7.41. The molecule has 0 unspecified atom stereocenters. The van der Waals surface area contributed by atoms with Gasteiger partial charge in [0.25, 0.3) is 0 Å². The Morgan fingerprint density at radius 3 is 3.00 bits per heavy atom. The maximum absolute atomic E-state index is 13.0. The van der Waals surface area contributed by atoms with Crippen LogP contribution in [-0.4, -0.2) is 21.1 Å². The summed E-state index contributed by atoms with van der Waals surface area (Å²) in [7, 11) is 0. The number of nitrogens with one attached hydrogen (secondary N) is 1. The normalized spacial score (nSPS) is 16.3. The van der Waals surface area contributed by atoms with Crippen LogP contribution < -0.4 is 5.32 Å². The largest absolute Gasteiger partial charge is 0.353 e. The number of pyridine rings is 1. The van der Waals surface area contributed by atoms with Crippen LogP contribution in [-0.2, 0) is 0 Å². The van der Waals surface area contributed by atoms with Crippen molar-refractivity contribution in [1.29, 1.82) is 0 Å². The smallest absolute Gasteiger partial charge is 0.243 e. The van der Waals surface area contributed by atoms with Crippen LogP contribution in [0.5, 0.6) is 0 Å². The first-order valence-corrected chi connectivity index (χ1v) is 7.07. The fourth-order valence-electron chi connectivity index (χ4n) is 2.82. The molecule has 1 fully saturated rings. The summed E-state index contributed by atoms with van der Waals surface area (Å²) in [6.07, 6.45) is 9.36. The molecule has 0 spiro atoms. The molecule has 1 aliphatic rings. The molecule has 2 heterocycles. The Kier molecular flexibility index (Phi) is 3.62. The van der Waals surface area contributed by atoms with E-state index in [9.17, 15) is 4.39 Å². The zero-order valence-electron chi connectivity index (χ0n) is 11.0. The summed E-state index contributed by atoms with van der Waals surface area (Å²) in [4.78, 5) is 4.30. The fraction of sp³-hybridized carbons (Fsp3) is 0.571. The number of hydrogen-bond acceptors (Lipinski definition) is 3. The molecule has 4 nitrogen and oxygen atoms in total. The van der Waals surface area contributed by atoms with Crippen LogP contribution in [0.1, 0.15) is 38.5 Å². The highest BCUT2D eigenvalue weighted by Crippen LogP contribution is 2.28. The van der Waals surface area contributed by atoms with Crippen LogP contribution in [0.3, 0.4) is 0 Å². The highest BCUT2D eigenvalue weighted by molar-refractivity contribution is 5.42. The van der Waals surface area contributed by atoms with Crippen LogP contribution in [0, 0.1) is 11.7 Å². The Balaban J connectivity index is 1.50. The van der Waals surface area contributed by atoms with E-state index < -0.39 is 0 Å². The molecule has 0 aromatic carbocycles. The molecule has 0 aliphatic heterocycles. The SMILES string of the molecule is Fc1ccc2nc(NCCCC3CCCC3)nn2c1. The Morgan fingerprint density at radius 2 is 2.16 bits per heavy atom. The van der Waals surface area contributed by atoms with Gasteiger partial charge >= 0.3 is 0 Å². The quantitative estimate of drug-likeness (QED) is 0.841. The van der Waals surface area contributed by atoms with Gasteiger partial charge in [0, 0.05) is 6.54 Å². The van der Waals surface area contributed by atoms with Gasteiger partial charge in [0.2, 0.25) is 5.95 Å². The first-order valence-electron chi connectivity index (χ1n) is 7.07. The summed E-state index contributed by atoms with van der Waals surface area (Å²) in [6.45, 7) is 0.885. The number of rotatable bonds is 5. The summed E-state index contributed by atoms with van der Waals surface area (Å²) < 4.78 is 14.5. The first kappa shape index (κ1) is 12.4. The van der Waals surface area contributed by atoms with Gasteiger partial charge in [-0.1, -0.05) is 25.7 Å². The minimum Gasteiger partial charge on any atom is -0.353 e. The Hall–Kier alpha value is -1.65. The molecule has 0 saturated heterocycles. The zero-order chi connectivity index (χ0) is 13.1. The van der Waals surface area contributed by atoms with Crippen molar-refractivity contribution in [3.8, 4) is 0 Å². The lowest BCUT2D eigenvalue weighted by molar-refractivity contribution is 0.491. The minimum absolute atomic E-state index is 0.301. The van der Waals surface area contributed by atoms with Gasteiger partial charge in [-0.15, -0.1) is 5.10 Å². The maximum Gasteiger partial charge on any atom is 0.243 e. The van der Waals surface area contributed by atoms with Crippen molar-refractivity contribution in [3.63, 3.8) is 0 Å². The predicted molar refractivity (Wildman–Crippen MR) is 72.6 cm³/mol. The number of hydrogen-bond donors (Lipinski definition) is 1. The van der Waals surface area contributed by atoms with E-state index in [0.717, 1.165) is 18.9 Å². The third-order valence-corrected chi connectivity index (χ3v) is 3.84. The molecule has 1 saturated carbocycles. The number of fused-ring (bicyclic) bond motifs is 1. The van der Waals surface area contributed by atoms with Gasteiger partial charge < -0.3 is 5.32 Å². The molecular formula is C14H19FN4. The van der Waals surface area contributed by atoms with Gasteiger partial charge in [0.1, 0.15) is 5.82 Å². The number of nitrogens with zero attached hydrogens (tertiary/aromatic N) is 3. The minimum atomic E-state index is -0.301. The molecule has 2 aromatic rings. The molecule has 19 heavy (non-hydrogen) atoms. The van der Waals surface area contributed by atoms with E-state index in [1.165, 1.54) is 48.9 Å². The lowest BCUT2D eigenvalue weighted by Gasteiger charge is -2.07. The molecule has 0 amide bonds. The first-order chi connectivity index (χ1) is 9.31. The molecule has 5 heteroatoms. The van der Waals surface area contributed by atoms with E-state index >= 15 is 0 Å². The average molecular weight is 262 g/mol. The second-order valence-corrected chi connectivity index (χ2v) is 5.30. The van der Waals surface area contributed by atoms with Crippen LogP contribution in [0.15, 0.2) is 18.3 Å². The number of aromatic nitrogens is 3. The third-order valence-electron chi connectivity index (χ3n) is 3.84. The van der Waals surface area contributed by atoms with Crippen molar-refractivity contribution >= 4 is 11.6 Å². The Bertz CT molecular complexity index is 545. The van der Waals surface area contributed by atoms with Crippen LogP contribution >= 0.6 is 0 Å². The van der Waals surface area contributed by atoms with Gasteiger partial charge in [-0.05, 0) is 30.9 Å². The Labute approximate surface area is 112 Å². The standard InChI is InChI=1S/C14H19FN4/c15-12-7-8-13-17-14(18-19(13)10-12)16-9-3-6-11-4-1-2-5-11/h7-8,10-11H,1-6,9H2,(H,16,18). The van der Waals surface area contributed by atoms with Crippen molar-refractivity contribution in [2.24, 2.45) is 5.92 Å². The van der Waals surface area contributed by atoms with Gasteiger partial charge in [-0.2, -0.15) is 4.98 Å². The monoisotopic (exact) mass is 262 g/mol. The molecule has 3 rings (SSSR count). The van der Waals surface area contributed by atoms with Crippen LogP contribution in [0.2, 0.25) is 0 Å². The van der Waals surface area contributed by atoms with Crippen LogP contribution in [0.4, 0.5) is 10.3 Å². The van der Waals surface area contributed by atoms with Crippen molar-refractivity contribution in [2.75, 3.05) is 11.9 Å². The molecule has 102 valence electrons. The highest BCUT2D eigenvalue weighted by Gasteiger charge is 2.14. The van der Waals surface area contributed by atoms with Gasteiger partial charge in [-0.3, -0.25) is 0 Å². The van der Waals surface area contributed by atoms with E-state index in [2.05, 4.69) is 15.4 Å². The van der Waals surface area contributed by atoms with E-state index in [0.29, 0.717) is 11.6 Å². The molecule has 0 radical (unpaired) electrons. The average Bonchev–Trinajstić information content (AvgIpc) is 3.02. The Morgan fingerprint density at radius 1 is 1.32 bits per heavy atom. The summed E-state index contributed by atoms with van der Waals surface area (Å²) in [5.41, 5.74) is 0.666. The van der Waals surface area contributed by atoms with Crippen molar-refractivity contribution < 1.29 is 4.39 Å². The van der Waals surface area contributed by atoms with Crippen molar-refractivity contribution in [3.05, 3.63) is 24.1 Å². The van der Waals surface area contributed by atoms with E-state index in [4.69, 9.17) is 0 Å². The zero-order valence-corrected chi connectivity index (χ0v) is 11.0. The lowest BCUT2D eigenvalue weighted by atomic mass is 10.0. The van der Waals surface area contributed by atoms with Crippen molar-refractivity contribution in [1.82, 2.24) is 14.6 Å². The van der Waals surface area contributed by atoms with E-state index in [1.807, 2.05) is 0 Å².